The number of rotatable bonds is 7. The molecule has 9 heteroatoms. The van der Waals surface area contributed by atoms with Crippen molar-refractivity contribution >= 4 is 18.3 Å². The Bertz CT molecular complexity index is 585. The average Bonchev–Trinajstić information content (AvgIpc) is 2.88. The van der Waals surface area contributed by atoms with Crippen molar-refractivity contribution in [3.8, 4) is 0 Å². The Morgan fingerprint density at radius 1 is 1.38 bits per heavy atom. The SMILES string of the molecule is CCC[C@H]1CN(CCCC(F)(F)F)C[C@@H]1NC(=O)c1cncnc1C.Cl. The van der Waals surface area contributed by atoms with E-state index in [2.05, 4.69) is 22.2 Å². The van der Waals surface area contributed by atoms with Crippen molar-refractivity contribution in [3.63, 3.8) is 0 Å². The number of amides is 1. The molecule has 1 N–H and O–H groups in total. The van der Waals surface area contributed by atoms with Gasteiger partial charge in [-0.15, -0.1) is 12.4 Å². The van der Waals surface area contributed by atoms with E-state index in [9.17, 15) is 18.0 Å². The van der Waals surface area contributed by atoms with Gasteiger partial charge in [0.2, 0.25) is 0 Å². The zero-order valence-electron chi connectivity index (χ0n) is 15.1. The van der Waals surface area contributed by atoms with E-state index in [1.807, 2.05) is 4.90 Å². The molecule has 1 aromatic rings. The molecule has 0 spiro atoms. The smallest absolute Gasteiger partial charge is 0.348 e. The van der Waals surface area contributed by atoms with Gasteiger partial charge in [0, 0.05) is 31.7 Å². The fourth-order valence-electron chi connectivity index (χ4n) is 3.33. The van der Waals surface area contributed by atoms with E-state index in [-0.39, 0.29) is 36.7 Å². The monoisotopic (exact) mass is 394 g/mol. The number of halogens is 4. The third kappa shape index (κ3) is 6.72. The van der Waals surface area contributed by atoms with Crippen LogP contribution in [0.15, 0.2) is 12.5 Å². The van der Waals surface area contributed by atoms with E-state index < -0.39 is 12.6 Å². The number of nitrogens with zero attached hydrogens (tertiary/aromatic N) is 3. The van der Waals surface area contributed by atoms with Gasteiger partial charge in [-0.1, -0.05) is 13.3 Å². The van der Waals surface area contributed by atoms with E-state index >= 15 is 0 Å². The molecule has 1 saturated heterocycles. The molecule has 2 heterocycles. The Balaban J connectivity index is 0.00000338. The summed E-state index contributed by atoms with van der Waals surface area (Å²) in [5.74, 6) is 0.0334. The highest BCUT2D eigenvalue weighted by Crippen LogP contribution is 2.25. The number of hydrogen-bond donors (Lipinski definition) is 1. The van der Waals surface area contributed by atoms with Gasteiger partial charge < -0.3 is 10.2 Å². The molecule has 0 bridgehead atoms. The molecular formula is C17H26ClF3N4O. The van der Waals surface area contributed by atoms with Crippen LogP contribution in [0, 0.1) is 12.8 Å². The summed E-state index contributed by atoms with van der Waals surface area (Å²) in [5.41, 5.74) is 1.05. The van der Waals surface area contributed by atoms with Gasteiger partial charge >= 0.3 is 6.18 Å². The molecule has 1 aliphatic rings. The minimum Gasteiger partial charge on any atom is -0.348 e. The van der Waals surface area contributed by atoms with Gasteiger partial charge in [0.25, 0.3) is 5.91 Å². The molecular weight excluding hydrogens is 369 g/mol. The topological polar surface area (TPSA) is 58.1 Å². The lowest BCUT2D eigenvalue weighted by Gasteiger charge is -2.19. The number of carbonyl (C=O) groups is 1. The minimum absolute atomic E-state index is 0. The maximum Gasteiger partial charge on any atom is 0.389 e. The zero-order chi connectivity index (χ0) is 18.4. The molecule has 148 valence electrons. The largest absolute Gasteiger partial charge is 0.389 e. The van der Waals surface area contributed by atoms with Gasteiger partial charge in [-0.25, -0.2) is 9.97 Å². The van der Waals surface area contributed by atoms with Crippen LogP contribution in [0.1, 0.15) is 48.7 Å². The average molecular weight is 395 g/mol. The summed E-state index contributed by atoms with van der Waals surface area (Å²) < 4.78 is 36.9. The maximum atomic E-state index is 12.5. The van der Waals surface area contributed by atoms with Crippen LogP contribution in [0.2, 0.25) is 0 Å². The highest BCUT2D eigenvalue weighted by atomic mass is 35.5. The number of aromatic nitrogens is 2. The van der Waals surface area contributed by atoms with Gasteiger partial charge in [0.05, 0.1) is 11.3 Å². The number of carbonyl (C=O) groups excluding carboxylic acids is 1. The summed E-state index contributed by atoms with van der Waals surface area (Å²) in [6, 6.07) is -0.0575. The van der Waals surface area contributed by atoms with Crippen LogP contribution in [-0.4, -0.2) is 52.6 Å². The zero-order valence-corrected chi connectivity index (χ0v) is 15.9. The molecule has 5 nitrogen and oxygen atoms in total. The van der Waals surface area contributed by atoms with Crippen LogP contribution in [0.4, 0.5) is 13.2 Å². The third-order valence-corrected chi connectivity index (χ3v) is 4.58. The second-order valence-corrected chi connectivity index (χ2v) is 6.63. The van der Waals surface area contributed by atoms with Crippen molar-refractivity contribution in [2.75, 3.05) is 19.6 Å². The quantitative estimate of drug-likeness (QED) is 0.770. The van der Waals surface area contributed by atoms with Gasteiger partial charge in [0.1, 0.15) is 6.33 Å². The Kier molecular flexibility index (Phi) is 8.76. The Morgan fingerprint density at radius 2 is 2.12 bits per heavy atom. The molecule has 1 aromatic heterocycles. The molecule has 0 saturated carbocycles. The van der Waals surface area contributed by atoms with Crippen molar-refractivity contribution in [2.45, 2.75) is 51.7 Å². The Labute approximate surface area is 158 Å². The molecule has 0 aliphatic carbocycles. The second-order valence-electron chi connectivity index (χ2n) is 6.63. The maximum absolute atomic E-state index is 12.5. The first kappa shape index (κ1) is 22.6. The first-order valence-corrected chi connectivity index (χ1v) is 8.66. The lowest BCUT2D eigenvalue weighted by atomic mass is 9.98. The van der Waals surface area contributed by atoms with Gasteiger partial charge in [-0.2, -0.15) is 13.2 Å². The highest BCUT2D eigenvalue weighted by Gasteiger charge is 2.34. The van der Waals surface area contributed by atoms with Crippen molar-refractivity contribution < 1.29 is 18.0 Å². The molecule has 0 unspecified atom stereocenters. The lowest BCUT2D eigenvalue weighted by Crippen LogP contribution is -2.41. The normalized spacial score (nSPS) is 20.7. The number of nitrogens with one attached hydrogen (secondary N) is 1. The Hall–Kier alpha value is -1.41. The first-order valence-electron chi connectivity index (χ1n) is 8.66. The molecule has 0 radical (unpaired) electrons. The van der Waals surface area contributed by atoms with Crippen LogP contribution < -0.4 is 5.32 Å². The van der Waals surface area contributed by atoms with Gasteiger partial charge in [0.15, 0.2) is 0 Å². The molecule has 1 fully saturated rings. The summed E-state index contributed by atoms with van der Waals surface area (Å²) in [6.07, 6.45) is 0.00749. The predicted octanol–water partition coefficient (Wildman–Crippen LogP) is 3.38. The van der Waals surface area contributed by atoms with E-state index in [0.717, 1.165) is 19.4 Å². The van der Waals surface area contributed by atoms with E-state index in [4.69, 9.17) is 0 Å². The van der Waals surface area contributed by atoms with Crippen LogP contribution in [0.5, 0.6) is 0 Å². The standard InChI is InChI=1S/C17H25F3N4O.ClH/c1-3-5-13-9-24(7-4-6-17(18,19)20)10-15(13)23-16(25)14-8-21-11-22-12(14)2;/h8,11,13,15H,3-7,9-10H2,1-2H3,(H,23,25);1H/t13-,15-;/m0./s1. The van der Waals surface area contributed by atoms with Crippen LogP contribution in [0.25, 0.3) is 0 Å². The molecule has 26 heavy (non-hydrogen) atoms. The fourth-order valence-corrected chi connectivity index (χ4v) is 3.33. The minimum atomic E-state index is -4.11. The summed E-state index contributed by atoms with van der Waals surface area (Å²) in [7, 11) is 0. The number of aryl methyl sites for hydroxylation is 1. The molecule has 2 rings (SSSR count). The Morgan fingerprint density at radius 3 is 2.73 bits per heavy atom. The third-order valence-electron chi connectivity index (χ3n) is 4.58. The number of hydrogen-bond acceptors (Lipinski definition) is 4. The summed E-state index contributed by atoms with van der Waals surface area (Å²) >= 11 is 0. The molecule has 1 aliphatic heterocycles. The summed E-state index contributed by atoms with van der Waals surface area (Å²) in [6.45, 7) is 5.53. The van der Waals surface area contributed by atoms with E-state index in [1.54, 1.807) is 6.92 Å². The van der Waals surface area contributed by atoms with Crippen LogP contribution in [0.3, 0.4) is 0 Å². The number of likely N-dealkylation sites (tertiary alicyclic amines) is 1. The van der Waals surface area contributed by atoms with E-state index in [0.29, 0.717) is 24.3 Å². The lowest BCUT2D eigenvalue weighted by molar-refractivity contribution is -0.136. The molecule has 2 atom stereocenters. The predicted molar refractivity (Wildman–Crippen MR) is 95.4 cm³/mol. The second kappa shape index (κ2) is 10.1. The highest BCUT2D eigenvalue weighted by molar-refractivity contribution is 5.95. The van der Waals surface area contributed by atoms with Crippen molar-refractivity contribution in [2.24, 2.45) is 5.92 Å². The summed E-state index contributed by atoms with van der Waals surface area (Å²) in [5, 5.41) is 3.02. The van der Waals surface area contributed by atoms with Gasteiger partial charge in [-0.05, 0) is 32.2 Å². The van der Waals surface area contributed by atoms with Crippen molar-refractivity contribution in [3.05, 3.63) is 23.8 Å². The van der Waals surface area contributed by atoms with Gasteiger partial charge in [-0.3, -0.25) is 4.79 Å². The molecule has 1 amide bonds. The van der Waals surface area contributed by atoms with Crippen molar-refractivity contribution in [1.82, 2.24) is 20.2 Å². The van der Waals surface area contributed by atoms with Crippen LogP contribution >= 0.6 is 12.4 Å². The fraction of sp³-hybridized carbons (Fsp3) is 0.706. The van der Waals surface area contributed by atoms with Crippen LogP contribution in [-0.2, 0) is 0 Å². The first-order chi connectivity index (χ1) is 11.8. The van der Waals surface area contributed by atoms with Crippen molar-refractivity contribution in [1.29, 1.82) is 0 Å². The number of alkyl halides is 3. The van der Waals surface area contributed by atoms with E-state index in [1.165, 1.54) is 12.5 Å². The molecule has 0 aromatic carbocycles. The summed E-state index contributed by atoms with van der Waals surface area (Å²) in [4.78, 5) is 22.4.